The van der Waals surface area contributed by atoms with E-state index >= 15 is 0 Å². The summed E-state index contributed by atoms with van der Waals surface area (Å²) >= 11 is 2.34. The summed E-state index contributed by atoms with van der Waals surface area (Å²) in [6, 6.07) is 10.6. The van der Waals surface area contributed by atoms with E-state index in [0.717, 1.165) is 12.8 Å². The van der Waals surface area contributed by atoms with E-state index in [1.165, 1.54) is 14.8 Å². The fourth-order valence-electron chi connectivity index (χ4n) is 1.62. The number of hydrogen-bond donors (Lipinski definition) is 0. The van der Waals surface area contributed by atoms with Gasteiger partial charge in [-0.1, -0.05) is 30.3 Å². The maximum atomic E-state index is 4.24. The first-order valence-corrected chi connectivity index (χ1v) is 6.05. The zero-order valence-corrected chi connectivity index (χ0v) is 10.8. The lowest BCUT2D eigenvalue weighted by Crippen LogP contribution is -2.01. The third-order valence-corrected chi connectivity index (χ3v) is 3.41. The molecule has 1 heterocycles. The molecule has 2 nitrogen and oxygen atoms in total. The standard InChI is InChI=1S/C12H13IN2/c1-15-12(11(13)9-14-15)8-7-10-5-3-2-4-6-10/h2-6,9H,7-8H2,1H3. The number of aromatic nitrogens is 2. The van der Waals surface area contributed by atoms with Crippen molar-refractivity contribution >= 4 is 22.6 Å². The highest BCUT2D eigenvalue weighted by atomic mass is 127. The lowest BCUT2D eigenvalue weighted by Gasteiger charge is -2.03. The van der Waals surface area contributed by atoms with Gasteiger partial charge >= 0.3 is 0 Å². The average Bonchev–Trinajstić information content (AvgIpc) is 2.58. The second-order valence-electron chi connectivity index (χ2n) is 3.55. The number of aryl methyl sites for hydroxylation is 2. The first-order chi connectivity index (χ1) is 7.27. The molecule has 0 aliphatic rings. The van der Waals surface area contributed by atoms with Gasteiger partial charge in [0.15, 0.2) is 0 Å². The zero-order valence-electron chi connectivity index (χ0n) is 8.65. The van der Waals surface area contributed by atoms with Crippen LogP contribution in [0.25, 0.3) is 0 Å². The van der Waals surface area contributed by atoms with Gasteiger partial charge in [0.25, 0.3) is 0 Å². The molecule has 0 atom stereocenters. The third kappa shape index (κ3) is 2.59. The summed E-state index contributed by atoms with van der Waals surface area (Å²) in [4.78, 5) is 0. The molecular formula is C12H13IN2. The van der Waals surface area contributed by atoms with Crippen molar-refractivity contribution in [2.24, 2.45) is 7.05 Å². The molecule has 2 aromatic rings. The summed E-state index contributed by atoms with van der Waals surface area (Å²) < 4.78 is 3.22. The Labute approximate surface area is 103 Å². The Bertz CT molecular complexity index is 415. The molecule has 0 N–H and O–H groups in total. The van der Waals surface area contributed by atoms with E-state index in [9.17, 15) is 0 Å². The molecule has 0 aliphatic carbocycles. The smallest absolute Gasteiger partial charge is 0.0626 e. The number of benzene rings is 1. The predicted molar refractivity (Wildman–Crippen MR) is 69.8 cm³/mol. The quantitative estimate of drug-likeness (QED) is 0.797. The Hall–Kier alpha value is -0.840. The van der Waals surface area contributed by atoms with Gasteiger partial charge in [-0.25, -0.2) is 0 Å². The van der Waals surface area contributed by atoms with E-state index in [1.54, 1.807) is 0 Å². The normalized spacial score (nSPS) is 10.5. The number of halogens is 1. The van der Waals surface area contributed by atoms with Gasteiger partial charge < -0.3 is 0 Å². The summed E-state index contributed by atoms with van der Waals surface area (Å²) in [7, 11) is 2.00. The molecule has 78 valence electrons. The van der Waals surface area contributed by atoms with Crippen molar-refractivity contribution in [2.45, 2.75) is 12.8 Å². The van der Waals surface area contributed by atoms with Crippen molar-refractivity contribution in [2.75, 3.05) is 0 Å². The van der Waals surface area contributed by atoms with Crippen molar-refractivity contribution in [3.63, 3.8) is 0 Å². The molecular weight excluding hydrogens is 299 g/mol. The fraction of sp³-hybridized carbons (Fsp3) is 0.250. The second-order valence-corrected chi connectivity index (χ2v) is 4.71. The molecule has 15 heavy (non-hydrogen) atoms. The van der Waals surface area contributed by atoms with Crippen molar-refractivity contribution in [1.82, 2.24) is 9.78 Å². The van der Waals surface area contributed by atoms with Crippen LogP contribution < -0.4 is 0 Å². The van der Waals surface area contributed by atoms with Crippen LogP contribution in [0.1, 0.15) is 11.3 Å². The van der Waals surface area contributed by atoms with Gasteiger partial charge in [-0.15, -0.1) is 0 Å². The van der Waals surface area contributed by atoms with Gasteiger partial charge in [0.1, 0.15) is 0 Å². The highest BCUT2D eigenvalue weighted by molar-refractivity contribution is 14.1. The van der Waals surface area contributed by atoms with Gasteiger partial charge in [0, 0.05) is 7.05 Å². The van der Waals surface area contributed by atoms with Crippen molar-refractivity contribution < 1.29 is 0 Å². The minimum absolute atomic E-state index is 1.05. The van der Waals surface area contributed by atoms with Crippen LogP contribution >= 0.6 is 22.6 Å². The number of hydrogen-bond acceptors (Lipinski definition) is 1. The number of rotatable bonds is 3. The van der Waals surface area contributed by atoms with Crippen molar-refractivity contribution in [3.05, 3.63) is 51.4 Å². The predicted octanol–water partition coefficient (Wildman–Crippen LogP) is 2.81. The van der Waals surface area contributed by atoms with Crippen LogP contribution in [0.2, 0.25) is 0 Å². The molecule has 0 spiro atoms. The molecule has 0 fully saturated rings. The molecule has 0 amide bonds. The molecule has 1 aromatic carbocycles. The highest BCUT2D eigenvalue weighted by Gasteiger charge is 2.05. The Morgan fingerprint density at radius 1 is 1.20 bits per heavy atom. The largest absolute Gasteiger partial charge is 0.272 e. The van der Waals surface area contributed by atoms with Crippen LogP contribution in [0.3, 0.4) is 0 Å². The van der Waals surface area contributed by atoms with Crippen LogP contribution in [0.4, 0.5) is 0 Å². The fourth-order valence-corrected chi connectivity index (χ4v) is 2.37. The maximum absolute atomic E-state index is 4.24. The summed E-state index contributed by atoms with van der Waals surface area (Å²) in [5.74, 6) is 0. The Morgan fingerprint density at radius 2 is 1.93 bits per heavy atom. The zero-order chi connectivity index (χ0) is 10.7. The van der Waals surface area contributed by atoms with Gasteiger partial charge in [0.2, 0.25) is 0 Å². The van der Waals surface area contributed by atoms with Gasteiger partial charge in [-0.3, -0.25) is 4.68 Å². The molecule has 3 heteroatoms. The highest BCUT2D eigenvalue weighted by Crippen LogP contribution is 2.13. The topological polar surface area (TPSA) is 17.8 Å². The summed E-state index contributed by atoms with van der Waals surface area (Å²) in [6.45, 7) is 0. The molecule has 0 saturated heterocycles. The van der Waals surface area contributed by atoms with Crippen molar-refractivity contribution in [3.8, 4) is 0 Å². The minimum Gasteiger partial charge on any atom is -0.272 e. The lowest BCUT2D eigenvalue weighted by atomic mass is 10.1. The maximum Gasteiger partial charge on any atom is 0.0626 e. The summed E-state index contributed by atoms with van der Waals surface area (Å²) in [5.41, 5.74) is 2.70. The van der Waals surface area contributed by atoms with Gasteiger partial charge in [0.05, 0.1) is 15.5 Å². The first kappa shape index (κ1) is 10.7. The van der Waals surface area contributed by atoms with E-state index in [-0.39, 0.29) is 0 Å². The minimum atomic E-state index is 1.05. The summed E-state index contributed by atoms with van der Waals surface area (Å²) in [5, 5.41) is 4.24. The van der Waals surface area contributed by atoms with E-state index in [4.69, 9.17) is 0 Å². The molecule has 0 unspecified atom stereocenters. The van der Waals surface area contributed by atoms with Gasteiger partial charge in [-0.05, 0) is 41.0 Å². The average molecular weight is 312 g/mol. The SMILES string of the molecule is Cn1ncc(I)c1CCc1ccccc1. The van der Waals surface area contributed by atoms with E-state index in [2.05, 4.69) is 58.0 Å². The monoisotopic (exact) mass is 312 g/mol. The lowest BCUT2D eigenvalue weighted by molar-refractivity contribution is 0.701. The Morgan fingerprint density at radius 3 is 2.53 bits per heavy atom. The van der Waals surface area contributed by atoms with Crippen LogP contribution in [-0.4, -0.2) is 9.78 Å². The van der Waals surface area contributed by atoms with Crippen LogP contribution in [-0.2, 0) is 19.9 Å². The second kappa shape index (κ2) is 4.79. The Kier molecular flexibility index (Phi) is 3.41. The van der Waals surface area contributed by atoms with E-state index in [1.807, 2.05) is 17.9 Å². The number of nitrogens with zero attached hydrogens (tertiary/aromatic N) is 2. The first-order valence-electron chi connectivity index (χ1n) is 4.97. The molecule has 1 aromatic heterocycles. The molecule has 0 saturated carbocycles. The van der Waals surface area contributed by atoms with Crippen LogP contribution in [0.15, 0.2) is 36.5 Å². The van der Waals surface area contributed by atoms with Gasteiger partial charge in [-0.2, -0.15) is 5.10 Å². The van der Waals surface area contributed by atoms with Crippen molar-refractivity contribution in [1.29, 1.82) is 0 Å². The molecule has 0 radical (unpaired) electrons. The van der Waals surface area contributed by atoms with E-state index < -0.39 is 0 Å². The van der Waals surface area contributed by atoms with Crippen LogP contribution in [0.5, 0.6) is 0 Å². The van der Waals surface area contributed by atoms with E-state index in [0.29, 0.717) is 0 Å². The van der Waals surface area contributed by atoms with Crippen LogP contribution in [0, 0.1) is 3.57 Å². The summed E-state index contributed by atoms with van der Waals surface area (Å²) in [6.07, 6.45) is 4.05. The molecule has 0 aliphatic heterocycles. The molecule has 0 bridgehead atoms. The third-order valence-electron chi connectivity index (χ3n) is 2.50. The Balaban J connectivity index is 2.05. The molecule has 2 rings (SSSR count).